The lowest BCUT2D eigenvalue weighted by atomic mass is 9.83. The molecule has 1 N–H and O–H groups in total. The molecule has 1 aromatic carbocycles. The molecule has 0 saturated carbocycles. The summed E-state index contributed by atoms with van der Waals surface area (Å²) in [4.78, 5) is 31.4. The number of carbonyl (C=O) groups excluding carboxylic acids is 1. The molecule has 33 heavy (non-hydrogen) atoms. The van der Waals surface area contributed by atoms with Crippen LogP contribution in [0.15, 0.2) is 52.6 Å². The smallest absolute Gasteiger partial charge is 0.250 e. The molecule has 6 nitrogen and oxygen atoms in total. The fraction of sp³-hybridized carbons (Fsp3) is 0.304. The topological polar surface area (TPSA) is 67.2 Å². The number of anilines is 1. The first kappa shape index (κ1) is 22.6. The number of aromatic nitrogens is 2. The van der Waals surface area contributed by atoms with Crippen LogP contribution < -0.4 is 10.9 Å². The highest BCUT2D eigenvalue weighted by atomic mass is 35.5. The number of halogens is 1. The van der Waals surface area contributed by atoms with Crippen LogP contribution in [0.4, 0.5) is 5.13 Å². The van der Waals surface area contributed by atoms with Gasteiger partial charge in [0.25, 0.3) is 5.56 Å². The number of hydrogen-bond donors (Lipinski definition) is 1. The van der Waals surface area contributed by atoms with Gasteiger partial charge in [0.2, 0.25) is 5.91 Å². The van der Waals surface area contributed by atoms with Crippen LogP contribution in [-0.4, -0.2) is 43.5 Å². The van der Waals surface area contributed by atoms with Crippen LogP contribution in [0.1, 0.15) is 18.0 Å². The normalized spacial score (nSPS) is 19.1. The summed E-state index contributed by atoms with van der Waals surface area (Å²) in [6.45, 7) is 2.33. The third-order valence-corrected chi connectivity index (χ3v) is 8.58. The minimum atomic E-state index is -0.142. The number of likely N-dealkylation sites (tertiary alicyclic amines) is 1. The molecule has 2 atom stereocenters. The molecule has 2 aromatic heterocycles. The van der Waals surface area contributed by atoms with Gasteiger partial charge in [-0.15, -0.1) is 11.3 Å². The minimum absolute atomic E-state index is 0.0733. The van der Waals surface area contributed by atoms with E-state index in [1.807, 2.05) is 46.3 Å². The van der Waals surface area contributed by atoms with Crippen LogP contribution in [0.5, 0.6) is 0 Å². The zero-order chi connectivity index (χ0) is 22.9. The van der Waals surface area contributed by atoms with Gasteiger partial charge in [0.1, 0.15) is 4.32 Å². The van der Waals surface area contributed by atoms with E-state index in [9.17, 15) is 9.59 Å². The second-order valence-electron chi connectivity index (χ2n) is 8.22. The van der Waals surface area contributed by atoms with E-state index in [4.69, 9.17) is 23.8 Å². The van der Waals surface area contributed by atoms with E-state index in [0.29, 0.717) is 16.1 Å². The van der Waals surface area contributed by atoms with E-state index in [1.54, 1.807) is 6.07 Å². The van der Waals surface area contributed by atoms with Gasteiger partial charge in [-0.05, 0) is 24.5 Å². The molecule has 0 aliphatic carbocycles. The van der Waals surface area contributed by atoms with Crippen molar-refractivity contribution in [2.45, 2.75) is 18.9 Å². The molecular weight excluding hydrogens is 496 g/mol. The molecule has 2 aliphatic heterocycles. The Labute approximate surface area is 210 Å². The van der Waals surface area contributed by atoms with Crippen LogP contribution in [0.25, 0.3) is 11.3 Å². The summed E-state index contributed by atoms with van der Waals surface area (Å²) >= 11 is 14.6. The number of carbonyl (C=O) groups is 1. The largest absolute Gasteiger partial charge is 0.356 e. The van der Waals surface area contributed by atoms with Crippen molar-refractivity contribution in [3.05, 3.63) is 68.9 Å². The maximum atomic E-state index is 12.5. The van der Waals surface area contributed by atoms with Gasteiger partial charge in [-0.1, -0.05) is 59.8 Å². The van der Waals surface area contributed by atoms with E-state index in [0.717, 1.165) is 47.3 Å². The zero-order valence-electron chi connectivity index (χ0n) is 17.6. The molecule has 5 rings (SSSR count). The highest BCUT2D eigenvalue weighted by Gasteiger charge is 2.35. The number of nitrogens with zero attached hydrogens (tertiary/aromatic N) is 3. The van der Waals surface area contributed by atoms with Gasteiger partial charge in [0.15, 0.2) is 5.13 Å². The second-order valence-corrected chi connectivity index (χ2v) is 11.1. The lowest BCUT2D eigenvalue weighted by molar-refractivity contribution is -0.113. The number of pyridine rings is 1. The van der Waals surface area contributed by atoms with Crippen molar-refractivity contribution in [2.75, 3.05) is 24.2 Å². The molecule has 0 unspecified atom stereocenters. The number of benzene rings is 1. The van der Waals surface area contributed by atoms with Gasteiger partial charge in [0.05, 0.1) is 11.4 Å². The Hall–Kier alpha value is -2.20. The molecule has 2 aliphatic rings. The molecule has 1 saturated heterocycles. The van der Waals surface area contributed by atoms with Gasteiger partial charge >= 0.3 is 0 Å². The van der Waals surface area contributed by atoms with E-state index < -0.39 is 0 Å². The summed E-state index contributed by atoms with van der Waals surface area (Å²) in [5.74, 6) is 0.762. The van der Waals surface area contributed by atoms with Gasteiger partial charge in [-0.2, -0.15) is 0 Å². The highest BCUT2D eigenvalue weighted by Crippen LogP contribution is 2.36. The first-order chi connectivity index (χ1) is 16.0. The molecular formula is C23H21ClN4O2S3. The molecule has 170 valence electrons. The lowest BCUT2D eigenvalue weighted by Crippen LogP contribution is -2.48. The Morgan fingerprint density at radius 3 is 2.91 bits per heavy atom. The second kappa shape index (κ2) is 9.58. The first-order valence-electron chi connectivity index (χ1n) is 10.6. The maximum Gasteiger partial charge on any atom is 0.250 e. The molecule has 2 bridgehead atoms. The van der Waals surface area contributed by atoms with Gasteiger partial charge in [-0.25, -0.2) is 4.98 Å². The van der Waals surface area contributed by atoms with Crippen LogP contribution in [-0.2, 0) is 11.3 Å². The molecule has 0 spiro atoms. The first-order valence-corrected chi connectivity index (χ1v) is 13.2. The lowest BCUT2D eigenvalue weighted by Gasteiger charge is -2.43. The summed E-state index contributed by atoms with van der Waals surface area (Å²) in [5, 5.41) is 5.90. The minimum Gasteiger partial charge on any atom is -0.356 e. The number of hydrogen-bond acceptors (Lipinski definition) is 6. The standard InChI is InChI=1S/C23H21ClN4O2S3/c24-17-5-2-1-4-16(17)18-12-32-22(25-18)26-20(29)13-33-23(31)27-9-14-8-15(11-27)19-6-3-7-21(30)28(19)10-14/h1-7,12,14-15H,8-11,13H2,(H,25,26,29)/t14-,15-/m0/s1. The van der Waals surface area contributed by atoms with Crippen LogP contribution in [0, 0.1) is 5.92 Å². The fourth-order valence-electron chi connectivity index (χ4n) is 4.54. The summed E-state index contributed by atoms with van der Waals surface area (Å²) in [5.41, 5.74) is 2.74. The molecule has 10 heteroatoms. The number of nitrogens with one attached hydrogen (secondary N) is 1. The Morgan fingerprint density at radius 2 is 2.06 bits per heavy atom. The summed E-state index contributed by atoms with van der Waals surface area (Å²) in [6.07, 6.45) is 1.07. The zero-order valence-corrected chi connectivity index (χ0v) is 20.8. The average Bonchev–Trinajstić information content (AvgIpc) is 3.26. The van der Waals surface area contributed by atoms with Crippen molar-refractivity contribution >= 4 is 62.3 Å². The average molecular weight is 517 g/mol. The number of rotatable bonds is 4. The maximum absolute atomic E-state index is 12.5. The molecule has 1 fully saturated rings. The van der Waals surface area contributed by atoms with Gasteiger partial charge < -0.3 is 14.8 Å². The Balaban J connectivity index is 1.16. The van der Waals surface area contributed by atoms with Crippen molar-refractivity contribution in [1.82, 2.24) is 14.5 Å². The number of amides is 1. The Bertz CT molecular complexity index is 1270. The van der Waals surface area contributed by atoms with Crippen LogP contribution in [0.2, 0.25) is 5.02 Å². The Kier molecular flexibility index (Phi) is 6.56. The Morgan fingerprint density at radius 1 is 1.21 bits per heavy atom. The predicted octanol–water partition coefficient (Wildman–Crippen LogP) is 4.70. The van der Waals surface area contributed by atoms with E-state index in [-0.39, 0.29) is 23.1 Å². The van der Waals surface area contributed by atoms with Crippen molar-refractivity contribution in [3.63, 3.8) is 0 Å². The SMILES string of the molecule is O=C(CSC(=S)N1C[C@@H]2C[C@@H](C1)c1cccc(=O)n1C2)Nc1nc(-c2ccccc2Cl)cs1. The molecule has 3 aromatic rings. The summed E-state index contributed by atoms with van der Waals surface area (Å²) in [6, 6.07) is 13.0. The molecule has 0 radical (unpaired) electrons. The number of thiocarbonyl (C=S) groups is 1. The van der Waals surface area contributed by atoms with Crippen molar-refractivity contribution in [3.8, 4) is 11.3 Å². The predicted molar refractivity (Wildman–Crippen MR) is 139 cm³/mol. The third kappa shape index (κ3) is 4.87. The van der Waals surface area contributed by atoms with Crippen LogP contribution in [0.3, 0.4) is 0 Å². The molecule has 4 heterocycles. The van der Waals surface area contributed by atoms with Crippen molar-refractivity contribution < 1.29 is 4.79 Å². The quantitative estimate of drug-likeness (QED) is 0.507. The number of fused-ring (bicyclic) bond motifs is 4. The van der Waals surface area contributed by atoms with E-state index in [2.05, 4.69) is 15.2 Å². The van der Waals surface area contributed by atoms with E-state index >= 15 is 0 Å². The highest BCUT2D eigenvalue weighted by molar-refractivity contribution is 8.23. The number of piperidine rings is 1. The number of thioether (sulfide) groups is 1. The summed E-state index contributed by atoms with van der Waals surface area (Å²) in [7, 11) is 0. The van der Waals surface area contributed by atoms with Crippen molar-refractivity contribution in [1.29, 1.82) is 0 Å². The fourth-order valence-corrected chi connectivity index (χ4v) is 6.49. The van der Waals surface area contributed by atoms with Crippen LogP contribution >= 0.6 is 46.9 Å². The van der Waals surface area contributed by atoms with E-state index in [1.165, 1.54) is 23.1 Å². The third-order valence-electron chi connectivity index (χ3n) is 5.97. The summed E-state index contributed by atoms with van der Waals surface area (Å²) < 4.78 is 2.63. The van der Waals surface area contributed by atoms with Crippen molar-refractivity contribution in [2.24, 2.45) is 5.92 Å². The van der Waals surface area contributed by atoms with Gasteiger partial charge in [-0.3, -0.25) is 9.59 Å². The monoisotopic (exact) mass is 516 g/mol. The molecule has 1 amide bonds. The van der Waals surface area contributed by atoms with Gasteiger partial charge in [0, 0.05) is 53.3 Å². The number of thiazole rings is 1.